The summed E-state index contributed by atoms with van der Waals surface area (Å²) in [5.41, 5.74) is 1.17. The molecule has 0 bridgehead atoms. The summed E-state index contributed by atoms with van der Waals surface area (Å²) in [6, 6.07) is 10.8. The maximum atomic E-state index is 4.88. The van der Waals surface area contributed by atoms with Crippen LogP contribution in [0.4, 0.5) is 0 Å². The second kappa shape index (κ2) is 5.70. The first-order valence-corrected chi connectivity index (χ1v) is 7.78. The largest absolute Gasteiger partial charge is 0.254 e. The van der Waals surface area contributed by atoms with Crippen molar-refractivity contribution in [3.05, 3.63) is 35.1 Å². The first-order chi connectivity index (χ1) is 9.33. The molecule has 100 valence electrons. The van der Waals surface area contributed by atoms with Gasteiger partial charge >= 0.3 is 0 Å². The van der Waals surface area contributed by atoms with Gasteiger partial charge in [0, 0.05) is 12.6 Å². The van der Waals surface area contributed by atoms with Crippen molar-refractivity contribution in [2.24, 2.45) is 12.0 Å². The van der Waals surface area contributed by atoms with Gasteiger partial charge in [-0.3, -0.25) is 4.99 Å². The summed E-state index contributed by atoms with van der Waals surface area (Å²) in [7, 11) is 1.99. The van der Waals surface area contributed by atoms with E-state index in [9.17, 15) is 0 Å². The van der Waals surface area contributed by atoms with E-state index in [4.69, 9.17) is 4.99 Å². The fourth-order valence-electron chi connectivity index (χ4n) is 2.53. The first kappa shape index (κ1) is 12.6. The smallest absolute Gasteiger partial charge is 0.203 e. The summed E-state index contributed by atoms with van der Waals surface area (Å²) in [4.78, 5) is 5.93. The number of hydrogen-bond donors (Lipinski definition) is 0. The highest BCUT2D eigenvalue weighted by atomic mass is 32.1. The molecule has 0 amide bonds. The highest BCUT2D eigenvalue weighted by Gasteiger charge is 2.12. The van der Waals surface area contributed by atoms with Gasteiger partial charge in [-0.1, -0.05) is 60.9 Å². The van der Waals surface area contributed by atoms with Crippen LogP contribution in [0, 0.1) is 0 Å². The van der Waals surface area contributed by atoms with Gasteiger partial charge in [0.25, 0.3) is 0 Å². The van der Waals surface area contributed by atoms with E-state index < -0.39 is 0 Å². The van der Waals surface area contributed by atoms with Crippen LogP contribution in [0.1, 0.15) is 32.1 Å². The van der Waals surface area contributed by atoms with Gasteiger partial charge < -0.3 is 0 Å². The summed E-state index contributed by atoms with van der Waals surface area (Å²) in [6.45, 7) is 0. The Kier molecular flexibility index (Phi) is 3.78. The summed E-state index contributed by atoms with van der Waals surface area (Å²) in [5, 5.41) is 5.64. The maximum Gasteiger partial charge on any atom is 0.203 e. The molecule has 0 atom stereocenters. The Morgan fingerprint density at radius 1 is 1.16 bits per heavy atom. The van der Waals surface area contributed by atoms with E-state index in [1.54, 1.807) is 11.3 Å². The number of benzene rings is 1. The van der Waals surface area contributed by atoms with Gasteiger partial charge in [0.15, 0.2) is 0 Å². The Bertz CT molecular complexity index is 591. The standard InChI is InChI=1S/C15H19N3S/c1-18-15(16-13-10-6-3-7-11-13)19-14(17-18)12-8-4-2-5-9-12/h2,4-5,8-9,13H,3,6-7,10-11H2,1H3. The molecule has 0 saturated heterocycles. The fourth-order valence-corrected chi connectivity index (χ4v) is 3.49. The van der Waals surface area contributed by atoms with Crippen LogP contribution in [-0.4, -0.2) is 15.8 Å². The molecule has 0 radical (unpaired) electrons. The first-order valence-electron chi connectivity index (χ1n) is 6.96. The molecule has 3 nitrogen and oxygen atoms in total. The number of nitrogens with zero attached hydrogens (tertiary/aromatic N) is 3. The predicted octanol–water partition coefficient (Wildman–Crippen LogP) is 3.38. The average Bonchev–Trinajstić information content (AvgIpc) is 2.82. The van der Waals surface area contributed by atoms with Crippen LogP contribution in [0.2, 0.25) is 0 Å². The normalized spacial score (nSPS) is 17.8. The van der Waals surface area contributed by atoms with Crippen molar-refractivity contribution >= 4 is 11.3 Å². The van der Waals surface area contributed by atoms with Crippen LogP contribution in [-0.2, 0) is 7.05 Å². The zero-order valence-corrected chi connectivity index (χ0v) is 12.1. The molecule has 1 aromatic carbocycles. The third-order valence-corrected chi connectivity index (χ3v) is 4.66. The summed E-state index contributed by atoms with van der Waals surface area (Å²) in [5.74, 6) is 0. The molecule has 0 aliphatic heterocycles. The van der Waals surface area contributed by atoms with Gasteiger partial charge in [-0.2, -0.15) is 5.10 Å². The second-order valence-corrected chi connectivity index (χ2v) is 6.06. The Morgan fingerprint density at radius 2 is 1.89 bits per heavy atom. The van der Waals surface area contributed by atoms with Gasteiger partial charge in [0.1, 0.15) is 5.01 Å². The highest BCUT2D eigenvalue weighted by molar-refractivity contribution is 7.12. The van der Waals surface area contributed by atoms with Crippen molar-refractivity contribution < 1.29 is 0 Å². The van der Waals surface area contributed by atoms with Crippen LogP contribution in [0.3, 0.4) is 0 Å². The molecule has 0 N–H and O–H groups in total. The van der Waals surface area contributed by atoms with Gasteiger partial charge in [0.2, 0.25) is 4.80 Å². The molecule has 19 heavy (non-hydrogen) atoms. The molecule has 2 aromatic rings. The fraction of sp³-hybridized carbons (Fsp3) is 0.467. The third kappa shape index (κ3) is 2.95. The molecule has 1 aliphatic rings. The predicted molar refractivity (Wildman–Crippen MR) is 79.0 cm³/mol. The van der Waals surface area contributed by atoms with Gasteiger partial charge in [0.05, 0.1) is 6.04 Å². The molecule has 1 aromatic heterocycles. The molecule has 0 spiro atoms. The lowest BCUT2D eigenvalue weighted by Gasteiger charge is -2.16. The SMILES string of the molecule is Cn1nc(-c2ccccc2)sc1=NC1CCCCC1. The van der Waals surface area contributed by atoms with Crippen molar-refractivity contribution in [2.45, 2.75) is 38.1 Å². The van der Waals surface area contributed by atoms with E-state index in [0.29, 0.717) is 6.04 Å². The molecule has 4 heteroatoms. The van der Waals surface area contributed by atoms with E-state index in [2.05, 4.69) is 29.4 Å². The van der Waals surface area contributed by atoms with E-state index >= 15 is 0 Å². The van der Waals surface area contributed by atoms with E-state index in [1.807, 2.05) is 17.8 Å². The van der Waals surface area contributed by atoms with Crippen molar-refractivity contribution in [3.63, 3.8) is 0 Å². The highest BCUT2D eigenvalue weighted by Crippen LogP contribution is 2.21. The molecule has 1 aliphatic carbocycles. The topological polar surface area (TPSA) is 30.2 Å². The van der Waals surface area contributed by atoms with E-state index in [1.165, 1.54) is 37.7 Å². The number of aryl methyl sites for hydroxylation is 1. The second-order valence-electron chi connectivity index (χ2n) is 5.10. The van der Waals surface area contributed by atoms with Crippen molar-refractivity contribution in [2.75, 3.05) is 0 Å². The molecular weight excluding hydrogens is 254 g/mol. The lowest BCUT2D eigenvalue weighted by molar-refractivity contribution is 0.434. The minimum atomic E-state index is 0.504. The molecule has 0 unspecified atom stereocenters. The summed E-state index contributed by atoms with van der Waals surface area (Å²) in [6.07, 6.45) is 6.48. The van der Waals surface area contributed by atoms with Gasteiger partial charge in [-0.05, 0) is 12.8 Å². The lowest BCUT2D eigenvalue weighted by atomic mass is 9.96. The minimum absolute atomic E-state index is 0.504. The summed E-state index contributed by atoms with van der Waals surface area (Å²) >= 11 is 1.69. The number of aromatic nitrogens is 2. The summed E-state index contributed by atoms with van der Waals surface area (Å²) < 4.78 is 1.92. The van der Waals surface area contributed by atoms with Gasteiger partial charge in [-0.25, -0.2) is 4.68 Å². The maximum absolute atomic E-state index is 4.88. The van der Waals surface area contributed by atoms with Crippen molar-refractivity contribution in [1.29, 1.82) is 0 Å². The zero-order chi connectivity index (χ0) is 13.1. The molecule has 3 rings (SSSR count). The molecule has 1 fully saturated rings. The van der Waals surface area contributed by atoms with E-state index in [-0.39, 0.29) is 0 Å². The average molecular weight is 273 g/mol. The molecule has 1 saturated carbocycles. The van der Waals surface area contributed by atoms with Crippen LogP contribution in [0.15, 0.2) is 35.3 Å². The Balaban J connectivity index is 1.91. The van der Waals surface area contributed by atoms with Crippen molar-refractivity contribution in [1.82, 2.24) is 9.78 Å². The zero-order valence-electron chi connectivity index (χ0n) is 11.2. The van der Waals surface area contributed by atoms with Crippen LogP contribution in [0.25, 0.3) is 10.6 Å². The number of hydrogen-bond acceptors (Lipinski definition) is 3. The Labute approximate surface area is 117 Å². The minimum Gasteiger partial charge on any atom is -0.254 e. The Hall–Kier alpha value is -1.42. The van der Waals surface area contributed by atoms with Crippen LogP contribution in [0.5, 0.6) is 0 Å². The molecule has 1 heterocycles. The van der Waals surface area contributed by atoms with Crippen LogP contribution >= 0.6 is 11.3 Å². The Morgan fingerprint density at radius 3 is 2.63 bits per heavy atom. The lowest BCUT2D eigenvalue weighted by Crippen LogP contribution is -2.18. The van der Waals surface area contributed by atoms with Gasteiger partial charge in [-0.15, -0.1) is 0 Å². The van der Waals surface area contributed by atoms with Crippen molar-refractivity contribution in [3.8, 4) is 10.6 Å². The van der Waals surface area contributed by atoms with Crippen LogP contribution < -0.4 is 4.80 Å². The van der Waals surface area contributed by atoms with E-state index in [0.717, 1.165) is 9.81 Å². The monoisotopic (exact) mass is 273 g/mol. The molecular formula is C15H19N3S. The quantitative estimate of drug-likeness (QED) is 0.825. The third-order valence-electron chi connectivity index (χ3n) is 3.59. The number of rotatable bonds is 2.